The molecule has 0 aliphatic carbocycles. The first-order chi connectivity index (χ1) is 12.1. The first-order valence-electron chi connectivity index (χ1n) is 8.26. The van der Waals surface area contributed by atoms with E-state index in [2.05, 4.69) is 13.0 Å². The summed E-state index contributed by atoms with van der Waals surface area (Å²) in [6.07, 6.45) is 2.80. The van der Waals surface area contributed by atoms with Crippen LogP contribution in [0.2, 0.25) is 5.02 Å². The maximum atomic E-state index is 12.7. The number of benzene rings is 2. The van der Waals surface area contributed by atoms with Gasteiger partial charge in [-0.3, -0.25) is 9.69 Å². The van der Waals surface area contributed by atoms with E-state index in [0.29, 0.717) is 16.5 Å². The number of likely N-dealkylation sites (N-methyl/N-ethyl adjacent to an activating group) is 1. The minimum atomic E-state index is -0.00446. The number of carbonyl (C=O) groups is 1. The van der Waals surface area contributed by atoms with E-state index in [9.17, 15) is 4.79 Å². The number of aryl methyl sites for hydroxylation is 1. The predicted molar refractivity (Wildman–Crippen MR) is 107 cm³/mol. The molecule has 0 spiro atoms. The number of thioether (sulfide) groups is 1. The average Bonchev–Trinajstić information content (AvgIpc) is 2.92. The summed E-state index contributed by atoms with van der Waals surface area (Å²) in [5, 5.41) is 1.41. The summed E-state index contributed by atoms with van der Waals surface area (Å²) in [6.45, 7) is 4.66. The van der Waals surface area contributed by atoms with Gasteiger partial charge in [0.2, 0.25) is 0 Å². The summed E-state index contributed by atoms with van der Waals surface area (Å²) in [6, 6.07) is 15.5. The number of halogens is 1. The molecule has 3 nitrogen and oxygen atoms in total. The van der Waals surface area contributed by atoms with Crippen LogP contribution in [-0.4, -0.2) is 22.5 Å². The highest BCUT2D eigenvalue weighted by Gasteiger charge is 2.32. The molecule has 3 rings (SSSR count). The molecule has 1 amide bonds. The van der Waals surface area contributed by atoms with Gasteiger partial charge in [-0.25, -0.2) is 4.99 Å². The number of carbonyl (C=O) groups excluding carboxylic acids is 1. The van der Waals surface area contributed by atoms with E-state index in [1.54, 1.807) is 4.90 Å². The fourth-order valence-corrected chi connectivity index (χ4v) is 3.78. The number of rotatable bonds is 4. The molecule has 0 radical (unpaired) electrons. The SMILES string of the molecule is CCc1ccccc1N=C1S/C(=C/c2ccc(Cl)cc2)C(=O)N1CC. The Morgan fingerprint density at radius 3 is 2.52 bits per heavy atom. The Morgan fingerprint density at radius 2 is 1.84 bits per heavy atom. The monoisotopic (exact) mass is 370 g/mol. The Balaban J connectivity index is 1.95. The summed E-state index contributed by atoms with van der Waals surface area (Å²) >= 11 is 7.34. The number of nitrogens with zero attached hydrogens (tertiary/aromatic N) is 2. The highest BCUT2D eigenvalue weighted by molar-refractivity contribution is 8.18. The van der Waals surface area contributed by atoms with Crippen LogP contribution >= 0.6 is 23.4 Å². The Bertz CT molecular complexity index is 843. The molecule has 128 valence electrons. The highest BCUT2D eigenvalue weighted by atomic mass is 35.5. The summed E-state index contributed by atoms with van der Waals surface area (Å²) in [4.78, 5) is 19.9. The third-order valence-electron chi connectivity index (χ3n) is 3.96. The quantitative estimate of drug-likeness (QED) is 0.663. The second-order valence-corrected chi connectivity index (χ2v) is 7.03. The van der Waals surface area contributed by atoms with E-state index >= 15 is 0 Å². The second-order valence-electron chi connectivity index (χ2n) is 5.59. The molecule has 0 bridgehead atoms. The lowest BCUT2D eigenvalue weighted by Gasteiger charge is -2.12. The first-order valence-corrected chi connectivity index (χ1v) is 9.45. The largest absolute Gasteiger partial charge is 0.287 e. The molecule has 0 aromatic heterocycles. The first kappa shape index (κ1) is 17.8. The van der Waals surface area contributed by atoms with Crippen molar-refractivity contribution in [2.45, 2.75) is 20.3 Å². The minimum absolute atomic E-state index is 0.00446. The normalized spacial score (nSPS) is 17.7. The Labute approximate surface area is 157 Å². The molecule has 1 aliphatic rings. The molecule has 2 aromatic rings. The number of hydrogen-bond donors (Lipinski definition) is 0. The zero-order valence-corrected chi connectivity index (χ0v) is 15.8. The molecule has 0 unspecified atom stereocenters. The van der Waals surface area contributed by atoms with E-state index in [1.165, 1.54) is 17.3 Å². The van der Waals surface area contributed by atoms with E-state index in [-0.39, 0.29) is 5.91 Å². The lowest BCUT2D eigenvalue weighted by atomic mass is 10.1. The van der Waals surface area contributed by atoms with Gasteiger partial charge in [0.05, 0.1) is 10.6 Å². The minimum Gasteiger partial charge on any atom is -0.287 e. The van der Waals surface area contributed by atoms with Crippen LogP contribution in [-0.2, 0) is 11.2 Å². The molecular formula is C20H19ClN2OS. The molecule has 1 heterocycles. The summed E-state index contributed by atoms with van der Waals surface area (Å²) in [7, 11) is 0. The summed E-state index contributed by atoms with van der Waals surface area (Å²) in [5.74, 6) is -0.00446. The summed E-state index contributed by atoms with van der Waals surface area (Å²) in [5.41, 5.74) is 3.05. The molecular weight excluding hydrogens is 352 g/mol. The number of aliphatic imine (C=N–C) groups is 1. The lowest BCUT2D eigenvalue weighted by Crippen LogP contribution is -2.28. The molecule has 0 N–H and O–H groups in total. The van der Waals surface area contributed by atoms with Crippen molar-refractivity contribution < 1.29 is 4.79 Å². The average molecular weight is 371 g/mol. The third-order valence-corrected chi connectivity index (χ3v) is 5.22. The van der Waals surface area contributed by atoms with Gasteiger partial charge in [-0.05, 0) is 60.5 Å². The van der Waals surface area contributed by atoms with Crippen molar-refractivity contribution in [1.82, 2.24) is 4.90 Å². The lowest BCUT2D eigenvalue weighted by molar-refractivity contribution is -0.122. The van der Waals surface area contributed by atoms with Crippen LogP contribution < -0.4 is 0 Å². The van der Waals surface area contributed by atoms with Gasteiger partial charge in [0, 0.05) is 11.6 Å². The number of para-hydroxylation sites is 1. The van der Waals surface area contributed by atoms with Crippen LogP contribution in [0.15, 0.2) is 58.4 Å². The fraction of sp³-hybridized carbons (Fsp3) is 0.200. The summed E-state index contributed by atoms with van der Waals surface area (Å²) < 4.78 is 0. The second kappa shape index (κ2) is 7.89. The molecule has 1 aliphatic heterocycles. The van der Waals surface area contributed by atoms with Gasteiger partial charge in [-0.1, -0.05) is 48.9 Å². The molecule has 0 saturated carbocycles. The molecule has 0 atom stereocenters. The van der Waals surface area contributed by atoms with Gasteiger partial charge in [0.1, 0.15) is 0 Å². The van der Waals surface area contributed by atoms with Crippen LogP contribution in [0.1, 0.15) is 25.0 Å². The third kappa shape index (κ3) is 3.97. The van der Waals surface area contributed by atoms with Crippen LogP contribution in [0.4, 0.5) is 5.69 Å². The predicted octanol–water partition coefficient (Wildman–Crippen LogP) is 5.53. The molecule has 1 fully saturated rings. The van der Waals surface area contributed by atoms with Crippen LogP contribution in [0.5, 0.6) is 0 Å². The van der Waals surface area contributed by atoms with Gasteiger partial charge in [-0.2, -0.15) is 0 Å². The number of amides is 1. The van der Waals surface area contributed by atoms with Gasteiger partial charge in [-0.15, -0.1) is 0 Å². The zero-order chi connectivity index (χ0) is 17.8. The van der Waals surface area contributed by atoms with Gasteiger partial charge in [0.25, 0.3) is 5.91 Å². The maximum Gasteiger partial charge on any atom is 0.266 e. The van der Waals surface area contributed by atoms with E-state index in [1.807, 2.05) is 55.5 Å². The standard InChI is InChI=1S/C20H19ClN2OS/c1-3-15-7-5-6-8-17(15)22-20-23(4-2)19(24)18(25-20)13-14-9-11-16(21)12-10-14/h5-13H,3-4H2,1-2H3/b18-13+,22-20?. The smallest absolute Gasteiger partial charge is 0.266 e. The highest BCUT2D eigenvalue weighted by Crippen LogP contribution is 2.34. The van der Waals surface area contributed by atoms with E-state index in [0.717, 1.165) is 22.8 Å². The molecule has 25 heavy (non-hydrogen) atoms. The van der Waals surface area contributed by atoms with Crippen LogP contribution in [0, 0.1) is 0 Å². The number of amidine groups is 1. The van der Waals surface area contributed by atoms with Crippen molar-refractivity contribution in [1.29, 1.82) is 0 Å². The molecule has 5 heteroatoms. The van der Waals surface area contributed by atoms with Gasteiger partial charge >= 0.3 is 0 Å². The molecule has 2 aromatic carbocycles. The zero-order valence-electron chi connectivity index (χ0n) is 14.2. The van der Waals surface area contributed by atoms with Gasteiger partial charge < -0.3 is 0 Å². The van der Waals surface area contributed by atoms with Crippen molar-refractivity contribution in [3.63, 3.8) is 0 Å². The van der Waals surface area contributed by atoms with E-state index < -0.39 is 0 Å². The van der Waals surface area contributed by atoms with Crippen molar-refractivity contribution in [2.75, 3.05) is 6.54 Å². The topological polar surface area (TPSA) is 32.7 Å². The Morgan fingerprint density at radius 1 is 1.12 bits per heavy atom. The van der Waals surface area contributed by atoms with E-state index in [4.69, 9.17) is 16.6 Å². The van der Waals surface area contributed by atoms with Gasteiger partial charge in [0.15, 0.2) is 5.17 Å². The molecule has 1 saturated heterocycles. The Kier molecular flexibility index (Phi) is 5.61. The maximum absolute atomic E-state index is 12.7. The van der Waals surface area contributed by atoms with Crippen molar-refractivity contribution in [2.24, 2.45) is 4.99 Å². The van der Waals surface area contributed by atoms with Crippen molar-refractivity contribution in [3.8, 4) is 0 Å². The van der Waals surface area contributed by atoms with Crippen molar-refractivity contribution in [3.05, 3.63) is 69.6 Å². The fourth-order valence-electron chi connectivity index (χ4n) is 2.60. The van der Waals surface area contributed by atoms with Crippen LogP contribution in [0.3, 0.4) is 0 Å². The van der Waals surface area contributed by atoms with Crippen molar-refractivity contribution >= 4 is 46.2 Å². The Hall–Kier alpha value is -2.04. The number of hydrogen-bond acceptors (Lipinski definition) is 3. The van der Waals surface area contributed by atoms with Crippen LogP contribution in [0.25, 0.3) is 6.08 Å².